The smallest absolute Gasteiger partial charge is 0.372 e. The summed E-state index contributed by atoms with van der Waals surface area (Å²) in [7, 11) is -4.10. The van der Waals surface area contributed by atoms with Crippen molar-refractivity contribution in [1.82, 2.24) is 0 Å². The van der Waals surface area contributed by atoms with Gasteiger partial charge in [-0.15, -0.1) is 0 Å². The van der Waals surface area contributed by atoms with E-state index >= 15 is 0 Å². The molecule has 1 aromatic carbocycles. The highest BCUT2D eigenvalue weighted by Crippen LogP contribution is 2.35. The van der Waals surface area contributed by atoms with Crippen LogP contribution in [0.25, 0.3) is 0 Å². The second kappa shape index (κ2) is 8.00. The zero-order chi connectivity index (χ0) is 16.9. The van der Waals surface area contributed by atoms with Crippen molar-refractivity contribution in [3.8, 4) is 0 Å². The average molecular weight is 344 g/mol. The first-order valence-electron chi connectivity index (χ1n) is 6.73. The predicted octanol–water partition coefficient (Wildman–Crippen LogP) is 3.84. The maximum absolute atomic E-state index is 14.8. The molecule has 0 aliphatic rings. The number of rotatable bonds is 8. The number of alkyl halides is 1. The molecule has 1 unspecified atom stereocenters. The fourth-order valence-corrected chi connectivity index (χ4v) is 4.40. The molecular formula is C13H17F5O3Si. The largest absolute Gasteiger partial charge is 0.541 e. The van der Waals surface area contributed by atoms with E-state index in [9.17, 15) is 22.0 Å². The monoisotopic (exact) mass is 344 g/mol. The first-order valence-corrected chi connectivity index (χ1v) is 8.53. The summed E-state index contributed by atoms with van der Waals surface area (Å²) >= 11 is 0. The van der Waals surface area contributed by atoms with E-state index in [-0.39, 0.29) is 25.9 Å². The average Bonchev–Trinajstić information content (AvgIpc) is 2.48. The summed E-state index contributed by atoms with van der Waals surface area (Å²) in [5.41, 5.74) is -1.03. The summed E-state index contributed by atoms with van der Waals surface area (Å²) in [5, 5.41) is 0. The molecule has 0 fully saturated rings. The van der Waals surface area contributed by atoms with Crippen LogP contribution in [0, 0.1) is 23.3 Å². The van der Waals surface area contributed by atoms with Gasteiger partial charge in [0.15, 0.2) is 29.1 Å². The molecule has 1 aromatic rings. The van der Waals surface area contributed by atoms with Gasteiger partial charge in [0.25, 0.3) is 0 Å². The molecule has 0 aliphatic heterocycles. The summed E-state index contributed by atoms with van der Waals surface area (Å²) in [6, 6.07) is 0.247. The summed E-state index contributed by atoms with van der Waals surface area (Å²) in [6.45, 7) is 4.57. The van der Waals surface area contributed by atoms with Crippen molar-refractivity contribution in [3.63, 3.8) is 0 Å². The van der Waals surface area contributed by atoms with Gasteiger partial charge in [0.05, 0.1) is 0 Å². The quantitative estimate of drug-likeness (QED) is 0.310. The molecule has 3 nitrogen and oxygen atoms in total. The maximum Gasteiger partial charge on any atom is 0.541 e. The highest BCUT2D eigenvalue weighted by atomic mass is 28.4. The molecule has 1 atom stereocenters. The van der Waals surface area contributed by atoms with Crippen LogP contribution in [0.4, 0.5) is 22.0 Å². The standard InChI is InChI=1S/C13H17F5O3Si/c1-4-19-22(20-5-2,21-6-3)13(18)8-7-9(14)11(16)12(17)10(8)15/h7,13H,4-6H2,1-3H3. The molecule has 0 aromatic heterocycles. The summed E-state index contributed by atoms with van der Waals surface area (Å²) < 4.78 is 83.7. The Morgan fingerprint density at radius 2 is 1.32 bits per heavy atom. The number of hydrogen-bond acceptors (Lipinski definition) is 3. The highest BCUT2D eigenvalue weighted by Gasteiger charge is 2.53. The van der Waals surface area contributed by atoms with Crippen molar-refractivity contribution in [2.24, 2.45) is 0 Å². The minimum absolute atomic E-state index is 0.0135. The van der Waals surface area contributed by atoms with E-state index < -0.39 is 43.4 Å². The molecule has 0 amide bonds. The topological polar surface area (TPSA) is 27.7 Å². The SMILES string of the molecule is CCO[Si](OCC)(OCC)C(F)c1cc(F)c(F)c(F)c1F. The Balaban J connectivity index is 3.37. The van der Waals surface area contributed by atoms with E-state index in [1.807, 2.05) is 0 Å². The van der Waals surface area contributed by atoms with E-state index in [4.69, 9.17) is 13.3 Å². The third-order valence-corrected chi connectivity index (χ3v) is 5.76. The molecule has 0 radical (unpaired) electrons. The molecule has 22 heavy (non-hydrogen) atoms. The molecule has 0 bridgehead atoms. The molecule has 0 heterocycles. The van der Waals surface area contributed by atoms with Crippen LogP contribution >= 0.6 is 0 Å². The van der Waals surface area contributed by atoms with Gasteiger partial charge in [0.2, 0.25) is 0 Å². The fourth-order valence-electron chi connectivity index (χ4n) is 1.91. The molecule has 1 rings (SSSR count). The minimum Gasteiger partial charge on any atom is -0.372 e. The van der Waals surface area contributed by atoms with Gasteiger partial charge in [-0.25, -0.2) is 22.0 Å². The van der Waals surface area contributed by atoms with Gasteiger partial charge in [-0.1, -0.05) is 0 Å². The molecule has 0 aliphatic carbocycles. The van der Waals surface area contributed by atoms with Crippen molar-refractivity contribution < 1.29 is 35.2 Å². The van der Waals surface area contributed by atoms with Gasteiger partial charge in [0, 0.05) is 25.4 Å². The Morgan fingerprint density at radius 3 is 1.73 bits per heavy atom. The summed E-state index contributed by atoms with van der Waals surface area (Å²) in [6.07, 6.45) is 0. The Bertz CT molecular complexity index is 498. The second-order valence-corrected chi connectivity index (χ2v) is 6.73. The van der Waals surface area contributed by atoms with Gasteiger partial charge in [0.1, 0.15) is 0 Å². The van der Waals surface area contributed by atoms with Gasteiger partial charge in [-0.3, -0.25) is 0 Å². The molecule has 0 saturated heterocycles. The summed E-state index contributed by atoms with van der Waals surface area (Å²) in [4.78, 5) is 0. The van der Waals surface area contributed by atoms with Crippen molar-refractivity contribution >= 4 is 8.80 Å². The molecular weight excluding hydrogens is 327 g/mol. The zero-order valence-electron chi connectivity index (χ0n) is 12.4. The molecule has 0 N–H and O–H groups in total. The van der Waals surface area contributed by atoms with E-state index in [2.05, 4.69) is 0 Å². The Labute approximate surface area is 126 Å². The van der Waals surface area contributed by atoms with Crippen LogP contribution < -0.4 is 0 Å². The second-order valence-electron chi connectivity index (χ2n) is 4.15. The van der Waals surface area contributed by atoms with Gasteiger partial charge in [-0.05, 0) is 26.8 Å². The third-order valence-electron chi connectivity index (χ3n) is 2.75. The van der Waals surface area contributed by atoms with Crippen LogP contribution in [0.5, 0.6) is 0 Å². The lowest BCUT2D eigenvalue weighted by molar-refractivity contribution is 0.0425. The van der Waals surface area contributed by atoms with Crippen LogP contribution in [0.3, 0.4) is 0 Å². The zero-order valence-corrected chi connectivity index (χ0v) is 13.4. The lowest BCUT2D eigenvalue weighted by Crippen LogP contribution is -2.51. The maximum atomic E-state index is 14.8. The molecule has 0 saturated carbocycles. The van der Waals surface area contributed by atoms with E-state index in [1.165, 1.54) is 20.8 Å². The Kier molecular flexibility index (Phi) is 6.91. The van der Waals surface area contributed by atoms with Crippen molar-refractivity contribution in [1.29, 1.82) is 0 Å². The van der Waals surface area contributed by atoms with Gasteiger partial charge < -0.3 is 13.3 Å². The first-order chi connectivity index (χ1) is 10.3. The predicted molar refractivity (Wildman–Crippen MR) is 70.8 cm³/mol. The number of benzene rings is 1. The molecule has 126 valence electrons. The van der Waals surface area contributed by atoms with Gasteiger partial charge in [-0.2, -0.15) is 0 Å². The summed E-state index contributed by atoms with van der Waals surface area (Å²) in [5.74, 6) is -10.0. The van der Waals surface area contributed by atoms with Crippen molar-refractivity contribution in [2.75, 3.05) is 19.8 Å². The van der Waals surface area contributed by atoms with Crippen LogP contribution in [0.1, 0.15) is 32.1 Å². The fraction of sp³-hybridized carbons (Fsp3) is 0.538. The van der Waals surface area contributed by atoms with Crippen LogP contribution in [0.15, 0.2) is 6.07 Å². The van der Waals surface area contributed by atoms with Crippen LogP contribution in [0.2, 0.25) is 0 Å². The van der Waals surface area contributed by atoms with E-state index in [1.54, 1.807) is 0 Å². The minimum atomic E-state index is -4.10. The lowest BCUT2D eigenvalue weighted by Gasteiger charge is -2.31. The lowest BCUT2D eigenvalue weighted by atomic mass is 10.2. The highest BCUT2D eigenvalue weighted by molar-refractivity contribution is 6.62. The van der Waals surface area contributed by atoms with Crippen LogP contribution in [-0.4, -0.2) is 28.6 Å². The Morgan fingerprint density at radius 1 is 0.864 bits per heavy atom. The van der Waals surface area contributed by atoms with E-state index in [0.717, 1.165) is 0 Å². The van der Waals surface area contributed by atoms with E-state index in [0.29, 0.717) is 0 Å². The molecule has 9 heteroatoms. The Hall–Kier alpha value is -1.03. The van der Waals surface area contributed by atoms with Crippen molar-refractivity contribution in [2.45, 2.75) is 26.6 Å². The number of halogens is 5. The normalized spacial score (nSPS) is 13.5. The van der Waals surface area contributed by atoms with Gasteiger partial charge >= 0.3 is 8.80 Å². The third kappa shape index (κ3) is 3.65. The first kappa shape index (κ1) is 19.0. The molecule has 0 spiro atoms. The van der Waals surface area contributed by atoms with Crippen LogP contribution in [-0.2, 0) is 13.3 Å². The van der Waals surface area contributed by atoms with Crippen molar-refractivity contribution in [3.05, 3.63) is 34.9 Å². The number of hydrogen-bond donors (Lipinski definition) is 0.